The summed E-state index contributed by atoms with van der Waals surface area (Å²) in [4.78, 5) is 42.1. The van der Waals surface area contributed by atoms with Crippen molar-refractivity contribution in [2.24, 2.45) is 17.8 Å². The third-order valence-corrected chi connectivity index (χ3v) is 8.30. The molecule has 1 heterocycles. The van der Waals surface area contributed by atoms with Crippen LogP contribution in [0.1, 0.15) is 42.1 Å². The standard InChI is InChI=1S/C26H31N3O7/c1-26(36)13-6-5-7-15(30)17(13)23(33)18-14(26)10-12-16(21(18)31)22(32)19(24(34)20(12)27-2)25(35)28-11-29-8-3-4-9-29/h5-7,12,14,16,20,27,30-31,34,36H,3-4,8-11H2,1-2H3,(H,28,35). The van der Waals surface area contributed by atoms with Crippen molar-refractivity contribution in [2.75, 3.05) is 26.8 Å². The molecule has 1 fully saturated rings. The molecule has 0 bridgehead atoms. The van der Waals surface area contributed by atoms with Crippen molar-refractivity contribution in [1.29, 1.82) is 0 Å². The van der Waals surface area contributed by atoms with E-state index in [1.54, 1.807) is 13.1 Å². The number of hydrogen-bond donors (Lipinski definition) is 6. The second-order valence-corrected chi connectivity index (χ2v) is 10.3. The van der Waals surface area contributed by atoms with Crippen LogP contribution >= 0.6 is 0 Å². The zero-order valence-electron chi connectivity index (χ0n) is 20.2. The molecule has 3 aliphatic carbocycles. The van der Waals surface area contributed by atoms with E-state index in [4.69, 9.17) is 0 Å². The van der Waals surface area contributed by atoms with Crippen molar-refractivity contribution in [3.8, 4) is 5.75 Å². The average molecular weight is 498 g/mol. The van der Waals surface area contributed by atoms with Gasteiger partial charge in [-0.2, -0.15) is 0 Å². The number of amides is 1. The van der Waals surface area contributed by atoms with E-state index < -0.39 is 64.0 Å². The van der Waals surface area contributed by atoms with E-state index in [2.05, 4.69) is 10.6 Å². The van der Waals surface area contributed by atoms with Gasteiger partial charge in [0.25, 0.3) is 5.91 Å². The molecule has 10 heteroatoms. The predicted molar refractivity (Wildman–Crippen MR) is 128 cm³/mol. The van der Waals surface area contributed by atoms with E-state index in [0.717, 1.165) is 25.9 Å². The summed E-state index contributed by atoms with van der Waals surface area (Å²) >= 11 is 0. The normalized spacial score (nSPS) is 32.3. The first-order chi connectivity index (χ1) is 17.1. The third-order valence-electron chi connectivity index (χ3n) is 8.30. The van der Waals surface area contributed by atoms with Crippen molar-refractivity contribution in [1.82, 2.24) is 15.5 Å². The number of aliphatic hydroxyl groups excluding tert-OH is 2. The molecule has 0 spiro atoms. The van der Waals surface area contributed by atoms with Crippen LogP contribution in [0.5, 0.6) is 5.75 Å². The van der Waals surface area contributed by atoms with Crippen molar-refractivity contribution in [3.05, 3.63) is 52.0 Å². The minimum Gasteiger partial charge on any atom is -0.511 e. The summed E-state index contributed by atoms with van der Waals surface area (Å²) in [7, 11) is 1.57. The fraction of sp³-hybridized carbons (Fsp3) is 0.500. The molecule has 0 saturated carbocycles. The summed E-state index contributed by atoms with van der Waals surface area (Å²) in [5.41, 5.74) is -2.11. The Labute approximate surface area is 208 Å². The van der Waals surface area contributed by atoms with Crippen LogP contribution in [0, 0.1) is 17.8 Å². The molecule has 0 aromatic heterocycles. The first-order valence-corrected chi connectivity index (χ1v) is 12.3. The summed E-state index contributed by atoms with van der Waals surface area (Å²) in [5, 5.41) is 49.9. The van der Waals surface area contributed by atoms with Gasteiger partial charge >= 0.3 is 0 Å². The molecular weight excluding hydrogens is 466 g/mol. The largest absolute Gasteiger partial charge is 0.511 e. The van der Waals surface area contributed by atoms with E-state index in [1.807, 2.05) is 4.90 Å². The van der Waals surface area contributed by atoms with Crippen molar-refractivity contribution in [2.45, 2.75) is 37.8 Å². The van der Waals surface area contributed by atoms with Gasteiger partial charge in [-0.25, -0.2) is 0 Å². The van der Waals surface area contributed by atoms with Gasteiger partial charge in [-0.1, -0.05) is 12.1 Å². The molecule has 10 nitrogen and oxygen atoms in total. The van der Waals surface area contributed by atoms with Gasteiger partial charge in [0.15, 0.2) is 11.6 Å². The maximum absolute atomic E-state index is 13.6. The van der Waals surface area contributed by atoms with Crippen molar-refractivity contribution in [3.63, 3.8) is 0 Å². The molecule has 5 unspecified atom stereocenters. The van der Waals surface area contributed by atoms with Gasteiger partial charge in [-0.15, -0.1) is 0 Å². The molecule has 1 aromatic rings. The molecule has 1 amide bonds. The van der Waals surface area contributed by atoms with Gasteiger partial charge in [0.05, 0.1) is 29.8 Å². The lowest BCUT2D eigenvalue weighted by Crippen LogP contribution is -2.55. The highest BCUT2D eigenvalue weighted by Crippen LogP contribution is 2.54. The number of Topliss-reactive ketones (excluding diaryl/α,β-unsaturated/α-hetero) is 2. The van der Waals surface area contributed by atoms with E-state index in [0.29, 0.717) is 0 Å². The molecule has 192 valence electrons. The van der Waals surface area contributed by atoms with E-state index in [-0.39, 0.29) is 35.5 Å². The Kier molecular flexibility index (Phi) is 5.93. The van der Waals surface area contributed by atoms with Gasteiger partial charge < -0.3 is 31.1 Å². The van der Waals surface area contributed by atoms with Crippen LogP contribution in [-0.4, -0.2) is 75.6 Å². The number of ketones is 2. The van der Waals surface area contributed by atoms with Crippen LogP contribution in [0.15, 0.2) is 40.9 Å². The monoisotopic (exact) mass is 497 g/mol. The van der Waals surface area contributed by atoms with E-state index in [1.165, 1.54) is 19.1 Å². The van der Waals surface area contributed by atoms with Gasteiger partial charge in [0.2, 0.25) is 0 Å². The highest BCUT2D eigenvalue weighted by atomic mass is 16.3. The Balaban J connectivity index is 1.56. The molecule has 1 aromatic carbocycles. The lowest BCUT2D eigenvalue weighted by atomic mass is 9.57. The Morgan fingerprint density at radius 1 is 1.14 bits per heavy atom. The average Bonchev–Trinajstić information content (AvgIpc) is 3.35. The first kappa shape index (κ1) is 24.5. The quantitative estimate of drug-likeness (QED) is 0.334. The second kappa shape index (κ2) is 8.72. The van der Waals surface area contributed by atoms with Crippen LogP contribution in [0.4, 0.5) is 0 Å². The third kappa shape index (κ3) is 3.47. The number of fused-ring (bicyclic) bond motifs is 3. The molecular formula is C26H31N3O7. The lowest BCUT2D eigenvalue weighted by molar-refractivity contribution is -0.128. The number of carbonyl (C=O) groups excluding carboxylic acids is 3. The van der Waals surface area contributed by atoms with Crippen molar-refractivity contribution < 1.29 is 34.8 Å². The zero-order valence-corrected chi connectivity index (χ0v) is 20.2. The van der Waals surface area contributed by atoms with Gasteiger partial charge in [0.1, 0.15) is 22.8 Å². The van der Waals surface area contributed by atoms with Crippen LogP contribution in [0.3, 0.4) is 0 Å². The number of rotatable bonds is 4. The maximum atomic E-state index is 13.6. The molecule has 4 aliphatic rings. The van der Waals surface area contributed by atoms with Crippen molar-refractivity contribution >= 4 is 17.5 Å². The number of allylic oxidation sites excluding steroid dienone is 1. The van der Waals surface area contributed by atoms with Crippen LogP contribution in [0.2, 0.25) is 0 Å². The van der Waals surface area contributed by atoms with Gasteiger partial charge in [0, 0.05) is 11.5 Å². The summed E-state index contributed by atoms with van der Waals surface area (Å²) in [6.07, 6.45) is 2.13. The number of carbonyl (C=O) groups is 3. The van der Waals surface area contributed by atoms with Crippen LogP contribution in [-0.2, 0) is 15.2 Å². The number of phenolic OH excluding ortho intramolecular Hbond substituents is 1. The molecule has 5 rings (SSSR count). The minimum atomic E-state index is -1.63. The lowest BCUT2D eigenvalue weighted by Gasteiger charge is -2.48. The highest BCUT2D eigenvalue weighted by Gasteiger charge is 2.58. The number of benzene rings is 1. The number of phenols is 1. The molecule has 1 saturated heterocycles. The van der Waals surface area contributed by atoms with Crippen LogP contribution < -0.4 is 10.6 Å². The minimum absolute atomic E-state index is 0.0852. The van der Waals surface area contributed by atoms with Gasteiger partial charge in [-0.3, -0.25) is 19.3 Å². The molecule has 5 atom stereocenters. The number of likely N-dealkylation sites (tertiary alicyclic amines) is 1. The number of aromatic hydroxyl groups is 1. The smallest absolute Gasteiger partial charge is 0.259 e. The number of aliphatic hydroxyl groups is 3. The number of hydrogen-bond acceptors (Lipinski definition) is 9. The Morgan fingerprint density at radius 3 is 2.50 bits per heavy atom. The summed E-state index contributed by atoms with van der Waals surface area (Å²) in [5.74, 6) is -6.33. The van der Waals surface area contributed by atoms with E-state index in [9.17, 15) is 34.8 Å². The topological polar surface area (TPSA) is 159 Å². The highest BCUT2D eigenvalue weighted by molar-refractivity contribution is 6.22. The van der Waals surface area contributed by atoms with Gasteiger partial charge in [-0.05, 0) is 63.9 Å². The number of nitrogens with zero attached hydrogens (tertiary/aromatic N) is 1. The SMILES string of the molecule is CNC1C(O)=C(C(=O)NCN2CCCC2)C(=O)C2C(O)=C3C(=O)c4c(O)cccc4C(C)(O)C3CC12. The Hall–Kier alpha value is -3.21. The summed E-state index contributed by atoms with van der Waals surface area (Å²) in [6, 6.07) is 3.54. The Bertz CT molecular complexity index is 1210. The first-order valence-electron chi connectivity index (χ1n) is 12.3. The summed E-state index contributed by atoms with van der Waals surface area (Å²) in [6.45, 7) is 3.39. The number of likely N-dealkylation sites (N-methyl/N-ethyl adjacent to an activating group) is 1. The molecule has 36 heavy (non-hydrogen) atoms. The fourth-order valence-electron chi connectivity index (χ4n) is 6.46. The molecule has 0 radical (unpaired) electrons. The Morgan fingerprint density at radius 2 is 1.83 bits per heavy atom. The van der Waals surface area contributed by atoms with Crippen LogP contribution in [0.25, 0.3) is 0 Å². The fourth-order valence-corrected chi connectivity index (χ4v) is 6.46. The predicted octanol–water partition coefficient (Wildman–Crippen LogP) is 1.01. The molecule has 1 aliphatic heterocycles. The maximum Gasteiger partial charge on any atom is 0.259 e. The molecule has 6 N–H and O–H groups in total. The second-order valence-electron chi connectivity index (χ2n) is 10.3. The number of nitrogens with one attached hydrogen (secondary N) is 2. The summed E-state index contributed by atoms with van der Waals surface area (Å²) < 4.78 is 0. The van der Waals surface area contributed by atoms with E-state index >= 15 is 0 Å². The zero-order chi connectivity index (χ0) is 25.9.